The van der Waals surface area contributed by atoms with Crippen LogP contribution in [-0.4, -0.2) is 31.1 Å². The summed E-state index contributed by atoms with van der Waals surface area (Å²) in [4.78, 5) is 2.28. The van der Waals surface area contributed by atoms with Gasteiger partial charge in [0.1, 0.15) is 5.82 Å². The third-order valence-electron chi connectivity index (χ3n) is 2.86. The maximum Gasteiger partial charge on any atom is 0.148 e. The van der Waals surface area contributed by atoms with Crippen LogP contribution in [-0.2, 0) is 6.54 Å². The minimum absolute atomic E-state index is 0.166. The van der Waals surface area contributed by atoms with Crippen molar-refractivity contribution in [3.63, 3.8) is 0 Å². The van der Waals surface area contributed by atoms with Crippen LogP contribution < -0.4 is 16.8 Å². The van der Waals surface area contributed by atoms with Crippen LogP contribution in [0.2, 0.25) is 0 Å². The van der Waals surface area contributed by atoms with Gasteiger partial charge in [-0.15, -0.1) is 0 Å². The molecular formula is C11H17FN4. The van der Waals surface area contributed by atoms with Crippen LogP contribution in [0.4, 0.5) is 15.8 Å². The van der Waals surface area contributed by atoms with Crippen LogP contribution in [0.5, 0.6) is 0 Å². The van der Waals surface area contributed by atoms with Crippen LogP contribution in [0.15, 0.2) is 12.1 Å². The van der Waals surface area contributed by atoms with E-state index >= 15 is 0 Å². The third-order valence-corrected chi connectivity index (χ3v) is 2.86. The molecule has 0 saturated carbocycles. The second-order valence-corrected chi connectivity index (χ2v) is 4.10. The number of nitrogens with one attached hydrogen (secondary N) is 1. The lowest BCUT2D eigenvalue weighted by Gasteiger charge is -2.27. The van der Waals surface area contributed by atoms with E-state index in [1.165, 1.54) is 6.07 Å². The van der Waals surface area contributed by atoms with E-state index in [0.717, 1.165) is 38.3 Å². The quantitative estimate of drug-likeness (QED) is 0.636. The van der Waals surface area contributed by atoms with Crippen LogP contribution in [0.25, 0.3) is 0 Å². The maximum atomic E-state index is 13.1. The van der Waals surface area contributed by atoms with Crippen molar-refractivity contribution >= 4 is 11.4 Å². The van der Waals surface area contributed by atoms with Crippen LogP contribution >= 0.6 is 0 Å². The second kappa shape index (κ2) is 4.67. The van der Waals surface area contributed by atoms with Gasteiger partial charge in [-0.05, 0) is 17.7 Å². The molecule has 0 radical (unpaired) electrons. The van der Waals surface area contributed by atoms with E-state index in [4.69, 9.17) is 11.5 Å². The van der Waals surface area contributed by atoms with Crippen molar-refractivity contribution in [2.24, 2.45) is 0 Å². The van der Waals surface area contributed by atoms with E-state index in [9.17, 15) is 4.39 Å². The summed E-state index contributed by atoms with van der Waals surface area (Å²) in [7, 11) is 0. The molecule has 1 fully saturated rings. The number of nitrogen functional groups attached to an aromatic ring is 2. The molecule has 1 aliphatic rings. The van der Waals surface area contributed by atoms with E-state index in [-0.39, 0.29) is 5.69 Å². The van der Waals surface area contributed by atoms with Crippen molar-refractivity contribution in [2.45, 2.75) is 6.54 Å². The predicted molar refractivity (Wildman–Crippen MR) is 63.4 cm³/mol. The Bertz CT molecular complexity index is 374. The minimum Gasteiger partial charge on any atom is -0.398 e. The molecule has 1 heterocycles. The summed E-state index contributed by atoms with van der Waals surface area (Å²) < 4.78 is 13.1. The zero-order valence-electron chi connectivity index (χ0n) is 9.17. The molecule has 4 nitrogen and oxygen atoms in total. The molecule has 0 aliphatic carbocycles. The topological polar surface area (TPSA) is 67.3 Å². The van der Waals surface area contributed by atoms with Gasteiger partial charge in [0.25, 0.3) is 0 Å². The van der Waals surface area contributed by atoms with E-state index < -0.39 is 5.82 Å². The summed E-state index contributed by atoms with van der Waals surface area (Å²) in [5.41, 5.74) is 12.8. The Morgan fingerprint density at radius 3 is 2.56 bits per heavy atom. The molecule has 2 rings (SSSR count). The fraction of sp³-hybridized carbons (Fsp3) is 0.455. The number of piperazine rings is 1. The molecule has 16 heavy (non-hydrogen) atoms. The highest BCUT2D eigenvalue weighted by molar-refractivity contribution is 5.56. The summed E-state index contributed by atoms with van der Waals surface area (Å²) in [6.45, 7) is 4.67. The van der Waals surface area contributed by atoms with Crippen molar-refractivity contribution < 1.29 is 4.39 Å². The zero-order chi connectivity index (χ0) is 11.5. The van der Waals surface area contributed by atoms with Crippen molar-refractivity contribution in [1.82, 2.24) is 10.2 Å². The highest BCUT2D eigenvalue weighted by Crippen LogP contribution is 2.21. The smallest absolute Gasteiger partial charge is 0.148 e. The van der Waals surface area contributed by atoms with Gasteiger partial charge in [0, 0.05) is 38.4 Å². The fourth-order valence-corrected chi connectivity index (χ4v) is 1.90. The van der Waals surface area contributed by atoms with Gasteiger partial charge >= 0.3 is 0 Å². The molecule has 0 aromatic heterocycles. The van der Waals surface area contributed by atoms with Crippen molar-refractivity contribution in [2.75, 3.05) is 37.6 Å². The number of hydrogen-bond donors (Lipinski definition) is 3. The molecule has 0 atom stereocenters. The Morgan fingerprint density at radius 2 is 1.88 bits per heavy atom. The van der Waals surface area contributed by atoms with E-state index in [1.54, 1.807) is 6.07 Å². The molecule has 0 unspecified atom stereocenters. The molecule has 1 aliphatic heterocycles. The molecule has 0 amide bonds. The fourth-order valence-electron chi connectivity index (χ4n) is 1.90. The summed E-state index contributed by atoms with van der Waals surface area (Å²) in [6.07, 6.45) is 0. The van der Waals surface area contributed by atoms with Gasteiger partial charge in [-0.25, -0.2) is 4.39 Å². The van der Waals surface area contributed by atoms with Gasteiger partial charge in [-0.1, -0.05) is 0 Å². The SMILES string of the molecule is Nc1cc(CN2CCNCC2)c(N)cc1F. The lowest BCUT2D eigenvalue weighted by Crippen LogP contribution is -2.43. The lowest BCUT2D eigenvalue weighted by molar-refractivity contribution is 0.233. The standard InChI is InChI=1S/C11H17FN4/c12-9-6-10(13)8(5-11(9)14)7-16-3-1-15-2-4-16/h5-6,15H,1-4,7,13-14H2. The number of hydrogen-bond acceptors (Lipinski definition) is 4. The average Bonchev–Trinajstić information content (AvgIpc) is 2.27. The Morgan fingerprint density at radius 1 is 1.19 bits per heavy atom. The number of halogens is 1. The molecule has 1 saturated heterocycles. The first kappa shape index (κ1) is 11.2. The Hall–Kier alpha value is -1.33. The molecule has 1 aromatic carbocycles. The van der Waals surface area contributed by atoms with Gasteiger partial charge in [-0.2, -0.15) is 0 Å². The monoisotopic (exact) mass is 224 g/mol. The first-order valence-corrected chi connectivity index (χ1v) is 5.43. The zero-order valence-corrected chi connectivity index (χ0v) is 9.17. The van der Waals surface area contributed by atoms with Gasteiger partial charge in [0.2, 0.25) is 0 Å². The maximum absolute atomic E-state index is 13.1. The Labute approximate surface area is 94.4 Å². The van der Waals surface area contributed by atoms with Gasteiger partial charge in [0.05, 0.1) is 5.69 Å². The largest absolute Gasteiger partial charge is 0.398 e. The Balaban J connectivity index is 2.11. The molecule has 88 valence electrons. The first-order chi connectivity index (χ1) is 7.66. The molecule has 0 spiro atoms. The highest BCUT2D eigenvalue weighted by atomic mass is 19.1. The number of nitrogens with zero attached hydrogens (tertiary/aromatic N) is 1. The molecule has 1 aromatic rings. The predicted octanol–water partition coefficient (Wildman–Crippen LogP) is 0.395. The summed E-state index contributed by atoms with van der Waals surface area (Å²) in [5, 5.41) is 3.28. The van der Waals surface area contributed by atoms with Gasteiger partial charge < -0.3 is 16.8 Å². The summed E-state index contributed by atoms with van der Waals surface area (Å²) in [6, 6.07) is 2.93. The summed E-state index contributed by atoms with van der Waals surface area (Å²) in [5.74, 6) is -0.443. The molecular weight excluding hydrogens is 207 g/mol. The van der Waals surface area contributed by atoms with Crippen molar-refractivity contribution in [1.29, 1.82) is 0 Å². The first-order valence-electron chi connectivity index (χ1n) is 5.43. The number of nitrogens with two attached hydrogens (primary N) is 2. The third kappa shape index (κ3) is 2.43. The summed E-state index contributed by atoms with van der Waals surface area (Å²) >= 11 is 0. The van der Waals surface area contributed by atoms with E-state index in [1.807, 2.05) is 0 Å². The average molecular weight is 224 g/mol. The van der Waals surface area contributed by atoms with Crippen LogP contribution in [0, 0.1) is 5.82 Å². The number of rotatable bonds is 2. The highest BCUT2D eigenvalue weighted by Gasteiger charge is 2.12. The molecule has 0 bridgehead atoms. The molecule has 5 heteroatoms. The van der Waals surface area contributed by atoms with Crippen molar-refractivity contribution in [3.05, 3.63) is 23.5 Å². The second-order valence-electron chi connectivity index (χ2n) is 4.10. The van der Waals surface area contributed by atoms with Crippen molar-refractivity contribution in [3.8, 4) is 0 Å². The molecule has 5 N–H and O–H groups in total. The van der Waals surface area contributed by atoms with Gasteiger partial charge in [-0.3, -0.25) is 4.90 Å². The number of benzene rings is 1. The van der Waals surface area contributed by atoms with E-state index in [0.29, 0.717) is 5.69 Å². The van der Waals surface area contributed by atoms with Gasteiger partial charge in [0.15, 0.2) is 0 Å². The lowest BCUT2D eigenvalue weighted by atomic mass is 10.1. The van der Waals surface area contributed by atoms with Crippen LogP contribution in [0.1, 0.15) is 5.56 Å². The Kier molecular flexibility index (Phi) is 3.26. The normalized spacial score (nSPS) is 17.6. The van der Waals surface area contributed by atoms with Crippen LogP contribution in [0.3, 0.4) is 0 Å². The number of anilines is 2. The minimum atomic E-state index is -0.443. The van der Waals surface area contributed by atoms with E-state index in [2.05, 4.69) is 10.2 Å².